The first-order valence-electron chi connectivity index (χ1n) is 14.3. The SMILES string of the molecule is CCC[C@@H]1C[C@H](Cc2cccc(OC(C)C)c2)/C(=N/Br)N1CC(=O)c1cc(C(C)(C)C)c(O)c(C(C)(C)C)c1. The van der Waals surface area contributed by atoms with Crippen LogP contribution in [0.1, 0.15) is 109 Å². The van der Waals surface area contributed by atoms with Crippen molar-refractivity contribution in [3.63, 3.8) is 0 Å². The van der Waals surface area contributed by atoms with Gasteiger partial charge < -0.3 is 14.7 Å². The van der Waals surface area contributed by atoms with E-state index in [9.17, 15) is 9.90 Å². The molecule has 1 fully saturated rings. The molecule has 2 aromatic rings. The van der Waals surface area contributed by atoms with Crippen molar-refractivity contribution in [3.8, 4) is 11.5 Å². The second-order valence-corrected chi connectivity index (χ2v) is 13.7. The minimum atomic E-state index is -0.292. The molecule has 1 saturated heterocycles. The van der Waals surface area contributed by atoms with E-state index in [1.54, 1.807) is 0 Å². The normalized spacial score (nSPS) is 19.3. The number of hydrogen-bond acceptors (Lipinski definition) is 4. The number of Topliss-reactive ketones (excluding diaryl/α,β-unsaturated/α-hetero) is 1. The summed E-state index contributed by atoms with van der Waals surface area (Å²) in [5.74, 6) is 2.37. The van der Waals surface area contributed by atoms with Crippen LogP contribution in [0.4, 0.5) is 0 Å². The third-order valence-electron chi connectivity index (χ3n) is 7.48. The third-order valence-corrected chi connectivity index (χ3v) is 7.84. The number of ether oxygens (including phenoxy) is 1. The number of ketones is 1. The minimum Gasteiger partial charge on any atom is -0.507 e. The van der Waals surface area contributed by atoms with Crippen molar-refractivity contribution < 1.29 is 14.6 Å². The molecule has 0 amide bonds. The molecule has 2 aromatic carbocycles. The Morgan fingerprint density at radius 3 is 2.23 bits per heavy atom. The smallest absolute Gasteiger partial charge is 0.182 e. The van der Waals surface area contributed by atoms with Crippen LogP contribution in [-0.2, 0) is 17.3 Å². The molecule has 1 N–H and O–H groups in total. The van der Waals surface area contributed by atoms with E-state index in [4.69, 9.17) is 4.74 Å². The van der Waals surface area contributed by atoms with Crippen LogP contribution < -0.4 is 4.74 Å². The summed E-state index contributed by atoms with van der Waals surface area (Å²) in [6, 6.07) is 12.3. The Hall–Kier alpha value is -2.34. The summed E-state index contributed by atoms with van der Waals surface area (Å²) < 4.78 is 10.5. The van der Waals surface area contributed by atoms with Gasteiger partial charge in [0.1, 0.15) is 17.3 Å². The van der Waals surface area contributed by atoms with E-state index in [0.717, 1.165) is 48.4 Å². The molecule has 0 saturated carbocycles. The number of nitrogens with zero attached hydrogens (tertiary/aromatic N) is 2. The summed E-state index contributed by atoms with van der Waals surface area (Å²) in [5, 5.41) is 11.1. The van der Waals surface area contributed by atoms with Gasteiger partial charge in [0.25, 0.3) is 0 Å². The average molecular weight is 600 g/mol. The summed E-state index contributed by atoms with van der Waals surface area (Å²) in [6.07, 6.45) is 3.96. The molecule has 0 aromatic heterocycles. The fourth-order valence-corrected chi connectivity index (χ4v) is 6.07. The lowest BCUT2D eigenvalue weighted by Gasteiger charge is -2.29. The van der Waals surface area contributed by atoms with Crippen LogP contribution in [0.2, 0.25) is 0 Å². The number of aromatic hydroxyl groups is 1. The second kappa shape index (κ2) is 12.4. The molecule has 0 spiro atoms. The minimum absolute atomic E-state index is 0.0498. The number of phenolic OH excluding ortho intramolecular Hbond substituents is 1. The maximum atomic E-state index is 13.9. The lowest BCUT2D eigenvalue weighted by atomic mass is 9.78. The van der Waals surface area contributed by atoms with E-state index < -0.39 is 0 Å². The van der Waals surface area contributed by atoms with E-state index in [1.807, 2.05) is 38.1 Å². The number of benzene rings is 2. The Morgan fingerprint density at radius 1 is 1.10 bits per heavy atom. The Morgan fingerprint density at radius 2 is 1.72 bits per heavy atom. The van der Waals surface area contributed by atoms with Crippen molar-refractivity contribution in [2.45, 2.75) is 111 Å². The summed E-state index contributed by atoms with van der Waals surface area (Å²) >= 11 is 3.40. The van der Waals surface area contributed by atoms with Gasteiger partial charge >= 0.3 is 0 Å². The van der Waals surface area contributed by atoms with Gasteiger partial charge in [0.2, 0.25) is 0 Å². The summed E-state index contributed by atoms with van der Waals surface area (Å²) in [5.41, 5.74) is 2.88. The number of likely N-dealkylation sites (tertiary alicyclic amines) is 1. The first-order valence-corrected chi connectivity index (χ1v) is 15.0. The van der Waals surface area contributed by atoms with Crippen LogP contribution in [0.15, 0.2) is 40.4 Å². The average Bonchev–Trinajstić information content (AvgIpc) is 3.12. The van der Waals surface area contributed by atoms with Gasteiger partial charge in [-0.15, -0.1) is 0 Å². The van der Waals surface area contributed by atoms with Crippen LogP contribution >= 0.6 is 16.1 Å². The van der Waals surface area contributed by atoms with Gasteiger partial charge in [0.05, 0.1) is 28.8 Å². The van der Waals surface area contributed by atoms with Crippen LogP contribution in [0.3, 0.4) is 0 Å². The topological polar surface area (TPSA) is 62.1 Å². The maximum absolute atomic E-state index is 13.9. The lowest BCUT2D eigenvalue weighted by molar-refractivity contribution is 0.0950. The molecule has 214 valence electrons. The number of amidine groups is 1. The van der Waals surface area contributed by atoms with Crippen LogP contribution in [0.5, 0.6) is 11.5 Å². The summed E-state index contributed by atoms with van der Waals surface area (Å²) in [4.78, 5) is 16.1. The molecule has 2 atom stereocenters. The van der Waals surface area contributed by atoms with Crippen LogP contribution in [0.25, 0.3) is 0 Å². The van der Waals surface area contributed by atoms with Crippen molar-refractivity contribution in [2.75, 3.05) is 6.54 Å². The van der Waals surface area contributed by atoms with Gasteiger partial charge in [-0.1, -0.05) is 67.0 Å². The molecular formula is C33H47BrN2O3. The highest BCUT2D eigenvalue weighted by atomic mass is 79.9. The maximum Gasteiger partial charge on any atom is 0.182 e. The van der Waals surface area contributed by atoms with Crippen LogP contribution in [0, 0.1) is 5.92 Å². The Bertz CT molecular complexity index is 1160. The molecule has 39 heavy (non-hydrogen) atoms. The summed E-state index contributed by atoms with van der Waals surface area (Å²) in [6.45, 7) is 19.0. The van der Waals surface area contributed by atoms with Gasteiger partial charge in [-0.25, -0.2) is 0 Å². The number of carbonyl (C=O) groups is 1. The molecule has 1 heterocycles. The van der Waals surface area contributed by atoms with E-state index >= 15 is 0 Å². The highest BCUT2D eigenvalue weighted by Gasteiger charge is 2.38. The standard InChI is InChI=1S/C33H47BrN2O3/c1-10-12-25-17-24(15-22-13-11-14-26(16-22)39-21(2)3)31(35-34)36(25)20-29(37)23-18-27(32(4,5)6)30(38)28(19-23)33(7,8)9/h11,13-14,16,18-19,21,24-25,38H,10,12,15,17,20H2,1-9H3/b35-31-/t24-,25+/m0/s1. The number of carbonyl (C=O) groups excluding carboxylic acids is 1. The fraction of sp³-hybridized carbons (Fsp3) is 0.576. The monoisotopic (exact) mass is 598 g/mol. The van der Waals surface area contributed by atoms with E-state index in [2.05, 4.69) is 85.7 Å². The first kappa shape index (κ1) is 31.2. The molecule has 0 bridgehead atoms. The molecular weight excluding hydrogens is 552 g/mol. The van der Waals surface area contributed by atoms with Gasteiger partial charge in [-0.2, -0.15) is 4.02 Å². The zero-order valence-corrected chi connectivity index (χ0v) is 26.9. The highest BCUT2D eigenvalue weighted by Crippen LogP contribution is 2.40. The largest absolute Gasteiger partial charge is 0.507 e. The zero-order valence-electron chi connectivity index (χ0n) is 25.3. The molecule has 3 rings (SSSR count). The number of hydrogen-bond donors (Lipinski definition) is 1. The zero-order chi connectivity index (χ0) is 29.1. The lowest BCUT2D eigenvalue weighted by Crippen LogP contribution is -2.38. The van der Waals surface area contributed by atoms with E-state index in [0.29, 0.717) is 11.3 Å². The molecule has 5 nitrogen and oxygen atoms in total. The Balaban J connectivity index is 1.92. The molecule has 1 aliphatic heterocycles. The van der Waals surface area contributed by atoms with Gasteiger partial charge in [-0.3, -0.25) is 4.79 Å². The van der Waals surface area contributed by atoms with Crippen molar-refractivity contribution in [1.29, 1.82) is 0 Å². The quantitative estimate of drug-likeness (QED) is 0.294. The second-order valence-electron chi connectivity index (χ2n) is 13.3. The van der Waals surface area contributed by atoms with E-state index in [1.165, 1.54) is 5.56 Å². The van der Waals surface area contributed by atoms with Crippen molar-refractivity contribution >= 4 is 27.8 Å². The first-order chi connectivity index (χ1) is 18.1. The number of phenols is 1. The molecule has 0 aliphatic carbocycles. The van der Waals surface area contributed by atoms with Gasteiger partial charge in [0.15, 0.2) is 5.78 Å². The predicted octanol–water partition coefficient (Wildman–Crippen LogP) is 8.40. The summed E-state index contributed by atoms with van der Waals surface area (Å²) in [7, 11) is 0. The van der Waals surface area contributed by atoms with Crippen molar-refractivity contribution in [2.24, 2.45) is 9.94 Å². The number of rotatable bonds is 9. The predicted molar refractivity (Wildman–Crippen MR) is 166 cm³/mol. The van der Waals surface area contributed by atoms with E-state index in [-0.39, 0.29) is 41.2 Å². The van der Waals surface area contributed by atoms with Gasteiger partial charge in [-0.05, 0) is 73.8 Å². The van der Waals surface area contributed by atoms with Gasteiger partial charge in [0, 0.05) is 28.7 Å². The highest BCUT2D eigenvalue weighted by molar-refractivity contribution is 9.08. The number of halogens is 1. The molecule has 0 radical (unpaired) electrons. The molecule has 6 heteroatoms. The fourth-order valence-electron chi connectivity index (χ4n) is 5.58. The third kappa shape index (κ3) is 7.65. The Kier molecular flexibility index (Phi) is 9.96. The van der Waals surface area contributed by atoms with Crippen molar-refractivity contribution in [1.82, 2.24) is 4.90 Å². The Labute approximate surface area is 244 Å². The van der Waals surface area contributed by atoms with Crippen LogP contribution in [-0.4, -0.2) is 40.3 Å². The molecule has 0 unspecified atom stereocenters. The molecule has 1 aliphatic rings. The van der Waals surface area contributed by atoms with Crippen molar-refractivity contribution in [3.05, 3.63) is 58.7 Å².